The Balaban J connectivity index is 0.00000242. The van der Waals surface area contributed by atoms with Crippen LogP contribution in [0.5, 0.6) is 5.75 Å². The zero-order valence-electron chi connectivity index (χ0n) is 12.4. The molecule has 0 aromatic heterocycles. The van der Waals surface area contributed by atoms with Crippen LogP contribution in [0.2, 0.25) is 0 Å². The molecule has 2 amide bonds. The zero-order valence-corrected chi connectivity index (χ0v) is 13.2. The summed E-state index contributed by atoms with van der Waals surface area (Å²) in [4.78, 5) is 27.8. The van der Waals surface area contributed by atoms with Gasteiger partial charge in [0.15, 0.2) is 6.61 Å². The van der Waals surface area contributed by atoms with E-state index in [1.165, 1.54) is 0 Å². The van der Waals surface area contributed by atoms with Crippen molar-refractivity contribution < 1.29 is 31.7 Å². The number of fused-ring (bicyclic) bond motifs is 1. The molecule has 1 aliphatic rings. The number of hydrogen-bond acceptors (Lipinski definition) is 3. The summed E-state index contributed by atoms with van der Waals surface area (Å²) < 4.78 is 5.40. The third-order valence-corrected chi connectivity index (χ3v) is 2.97. The molecular weight excluding hydrogens is 308 g/mol. The number of anilines is 1. The lowest BCUT2D eigenvalue weighted by Gasteiger charge is -2.30. The predicted molar refractivity (Wildman–Crippen MR) is 77.8 cm³/mol. The molecule has 2 rings (SSSR count). The van der Waals surface area contributed by atoms with Crippen molar-refractivity contribution in [1.29, 1.82) is 0 Å². The molecule has 7 nitrogen and oxygen atoms in total. The number of ether oxygens (including phenoxy) is 1. The minimum atomic E-state index is -0.422. The van der Waals surface area contributed by atoms with E-state index in [9.17, 15) is 9.59 Å². The highest BCUT2D eigenvalue weighted by Gasteiger charge is 2.26. The van der Waals surface area contributed by atoms with Gasteiger partial charge in [-0.2, -0.15) is 0 Å². The van der Waals surface area contributed by atoms with Gasteiger partial charge < -0.3 is 22.0 Å². The highest BCUT2D eigenvalue weighted by molar-refractivity contribution is 5.99. The van der Waals surface area contributed by atoms with E-state index >= 15 is 0 Å². The van der Waals surface area contributed by atoms with Crippen LogP contribution in [-0.4, -0.2) is 30.9 Å². The molecule has 0 aliphatic carbocycles. The van der Waals surface area contributed by atoms with Crippen LogP contribution >= 0.6 is 0 Å². The van der Waals surface area contributed by atoms with Crippen LogP contribution in [0.25, 0.3) is 0 Å². The zero-order chi connectivity index (χ0) is 15.6. The molecule has 1 heterocycles. The van der Waals surface area contributed by atoms with E-state index in [0.717, 1.165) is 0 Å². The van der Waals surface area contributed by atoms with Crippen LogP contribution in [0, 0.1) is 5.92 Å². The molecule has 0 spiro atoms. The molecule has 0 saturated carbocycles. The number of nitrogens with one attached hydrogen (secondary N) is 1. The summed E-state index contributed by atoms with van der Waals surface area (Å²) >= 11 is 0. The second kappa shape index (κ2) is 7.13. The van der Waals surface area contributed by atoms with Crippen molar-refractivity contribution in [2.24, 2.45) is 17.4 Å². The Hall–Kier alpha value is -2.28. The molecule has 22 heavy (non-hydrogen) atoms. The highest BCUT2D eigenvalue weighted by atomic mass is 35.5. The summed E-state index contributed by atoms with van der Waals surface area (Å²) in [7, 11) is 0. The SMILES string of the molecule is CC(C)CN1C(=O)COc2cc(C(=O)[NH+]=C(N)N)ccc21.[Cl-]. The van der Waals surface area contributed by atoms with E-state index < -0.39 is 5.91 Å². The Kier molecular flexibility index (Phi) is 5.76. The Bertz CT molecular complexity index is 612. The van der Waals surface area contributed by atoms with Gasteiger partial charge in [0.2, 0.25) is 0 Å². The van der Waals surface area contributed by atoms with Crippen molar-refractivity contribution in [3.63, 3.8) is 0 Å². The maximum absolute atomic E-state index is 11.9. The largest absolute Gasteiger partial charge is 1.00 e. The first kappa shape index (κ1) is 17.8. The second-order valence-electron chi connectivity index (χ2n) is 5.28. The maximum atomic E-state index is 11.9. The number of amides is 2. The van der Waals surface area contributed by atoms with Crippen LogP contribution in [0.15, 0.2) is 18.2 Å². The summed E-state index contributed by atoms with van der Waals surface area (Å²) in [5.41, 5.74) is 11.5. The van der Waals surface area contributed by atoms with E-state index in [4.69, 9.17) is 16.2 Å². The van der Waals surface area contributed by atoms with Gasteiger partial charge in [0.25, 0.3) is 5.91 Å². The van der Waals surface area contributed by atoms with E-state index in [1.807, 2.05) is 13.8 Å². The maximum Gasteiger partial charge on any atom is 0.346 e. The van der Waals surface area contributed by atoms with Gasteiger partial charge in [-0.15, -0.1) is 0 Å². The molecule has 0 atom stereocenters. The van der Waals surface area contributed by atoms with Crippen molar-refractivity contribution in [1.82, 2.24) is 0 Å². The van der Waals surface area contributed by atoms with Gasteiger partial charge >= 0.3 is 11.9 Å². The molecule has 0 bridgehead atoms. The number of nitrogens with two attached hydrogens (primary N) is 2. The lowest BCUT2D eigenvalue weighted by molar-refractivity contribution is -0.347. The van der Waals surface area contributed by atoms with Crippen LogP contribution < -0.4 is 38.5 Å². The average molecular weight is 327 g/mol. The standard InChI is InChI=1S/C14H18N4O3.ClH/c1-8(2)6-18-10-4-3-9(13(20)17-14(15)16)5-11(10)21-7-12(18)19;/h3-5,8H,6-7H2,1-2H3,(H4,15,16,17,20);1H. The predicted octanol–water partition coefficient (Wildman–Crippen LogP) is -4.43. The molecule has 1 aromatic carbocycles. The smallest absolute Gasteiger partial charge is 0.346 e. The van der Waals surface area contributed by atoms with Gasteiger partial charge in [-0.25, -0.2) is 4.99 Å². The molecule has 1 aromatic rings. The molecule has 0 radical (unpaired) electrons. The minimum Gasteiger partial charge on any atom is -1.00 e. The summed E-state index contributed by atoms with van der Waals surface area (Å²) in [6.07, 6.45) is 0. The van der Waals surface area contributed by atoms with E-state index in [1.54, 1.807) is 23.1 Å². The third-order valence-electron chi connectivity index (χ3n) is 2.97. The number of halogens is 1. The topological polar surface area (TPSA) is 113 Å². The lowest BCUT2D eigenvalue weighted by atomic mass is 10.1. The Labute approximate surface area is 134 Å². The highest BCUT2D eigenvalue weighted by Crippen LogP contribution is 2.33. The number of hydrogen-bond donors (Lipinski definition) is 3. The van der Waals surface area contributed by atoms with Crippen LogP contribution in [0.4, 0.5) is 5.69 Å². The van der Waals surface area contributed by atoms with E-state index in [2.05, 4.69) is 4.99 Å². The fourth-order valence-corrected chi connectivity index (χ4v) is 2.11. The van der Waals surface area contributed by atoms with Crippen molar-refractivity contribution in [2.45, 2.75) is 13.8 Å². The van der Waals surface area contributed by atoms with Gasteiger partial charge in [-0.3, -0.25) is 21.1 Å². The van der Waals surface area contributed by atoms with Crippen molar-refractivity contribution in [3.05, 3.63) is 23.8 Å². The number of nitrogens with zero attached hydrogens (tertiary/aromatic N) is 1. The Morgan fingerprint density at radius 1 is 1.41 bits per heavy atom. The summed E-state index contributed by atoms with van der Waals surface area (Å²) in [6.45, 7) is 4.63. The Morgan fingerprint density at radius 2 is 2.09 bits per heavy atom. The number of carbonyl (C=O) groups excluding carboxylic acids is 2. The van der Waals surface area contributed by atoms with Gasteiger partial charge in [0.05, 0.1) is 11.3 Å². The first-order chi connectivity index (χ1) is 9.88. The Morgan fingerprint density at radius 3 is 2.68 bits per heavy atom. The summed E-state index contributed by atoms with van der Waals surface area (Å²) in [5, 5.41) is 0. The van der Waals surface area contributed by atoms with Crippen LogP contribution in [0.3, 0.4) is 0 Å². The van der Waals surface area contributed by atoms with Crippen LogP contribution in [-0.2, 0) is 4.79 Å². The number of benzene rings is 1. The monoisotopic (exact) mass is 326 g/mol. The van der Waals surface area contributed by atoms with E-state index in [-0.39, 0.29) is 30.9 Å². The molecule has 5 N–H and O–H groups in total. The van der Waals surface area contributed by atoms with Gasteiger partial charge in [-0.1, -0.05) is 13.8 Å². The number of guanidine groups is 1. The second-order valence-corrected chi connectivity index (χ2v) is 5.28. The number of carbonyl (C=O) groups is 2. The molecule has 1 aliphatic heterocycles. The molecule has 0 fully saturated rings. The van der Waals surface area contributed by atoms with Crippen molar-refractivity contribution in [2.75, 3.05) is 18.1 Å². The van der Waals surface area contributed by atoms with Gasteiger partial charge in [0, 0.05) is 6.54 Å². The quantitative estimate of drug-likeness (QED) is 0.383. The molecule has 0 saturated heterocycles. The minimum absolute atomic E-state index is 0. The van der Waals surface area contributed by atoms with E-state index in [0.29, 0.717) is 29.5 Å². The first-order valence-corrected chi connectivity index (χ1v) is 6.65. The normalized spacial score (nSPS) is 13.0. The lowest BCUT2D eigenvalue weighted by Crippen LogP contribution is -3.00. The fraction of sp³-hybridized carbons (Fsp3) is 0.357. The molecule has 120 valence electrons. The fourth-order valence-electron chi connectivity index (χ4n) is 2.11. The summed E-state index contributed by atoms with van der Waals surface area (Å²) in [5.74, 6) is 0.143. The third kappa shape index (κ3) is 3.88. The first-order valence-electron chi connectivity index (χ1n) is 6.65. The van der Waals surface area contributed by atoms with Gasteiger partial charge in [-0.05, 0) is 24.1 Å². The average Bonchev–Trinajstić information content (AvgIpc) is 2.40. The molecular formula is C14H19ClN4O3. The number of rotatable bonds is 3. The molecule has 0 unspecified atom stereocenters. The van der Waals surface area contributed by atoms with Gasteiger partial charge in [0.1, 0.15) is 5.75 Å². The summed E-state index contributed by atoms with van der Waals surface area (Å²) in [6, 6.07) is 4.87. The van der Waals surface area contributed by atoms with Crippen LogP contribution in [0.1, 0.15) is 24.2 Å². The van der Waals surface area contributed by atoms with Crippen molar-refractivity contribution >= 4 is 23.5 Å². The molecule has 8 heteroatoms. The van der Waals surface area contributed by atoms with Crippen molar-refractivity contribution in [3.8, 4) is 5.75 Å².